The van der Waals surface area contributed by atoms with Gasteiger partial charge < -0.3 is 15.7 Å². The molecule has 0 radical (unpaired) electrons. The van der Waals surface area contributed by atoms with Crippen molar-refractivity contribution < 1.29 is 14.7 Å². The minimum Gasteiger partial charge on any atom is -0.508 e. The van der Waals surface area contributed by atoms with E-state index in [2.05, 4.69) is 10.6 Å². The minimum atomic E-state index is -0.817. The molecule has 3 N–H and O–H groups in total. The fourth-order valence-electron chi connectivity index (χ4n) is 1.26. The van der Waals surface area contributed by atoms with E-state index in [0.717, 1.165) is 5.56 Å². The van der Waals surface area contributed by atoms with Crippen LogP contribution in [0.3, 0.4) is 0 Å². The molecule has 0 spiro atoms. The van der Waals surface area contributed by atoms with Gasteiger partial charge >= 0.3 is 11.8 Å². The fraction of sp³-hybridized carbons (Fsp3) is 0.250. The first-order chi connectivity index (χ1) is 8.63. The van der Waals surface area contributed by atoms with E-state index >= 15 is 0 Å². The number of benzene rings is 1. The Balaban J connectivity index is 2.29. The summed E-state index contributed by atoms with van der Waals surface area (Å²) in [7, 11) is 0. The van der Waals surface area contributed by atoms with Gasteiger partial charge in [0.2, 0.25) is 0 Å². The highest BCUT2D eigenvalue weighted by molar-refractivity contribution is 6.35. The molecule has 6 nitrogen and oxygen atoms in total. The molecular weight excluding hydrogens is 234 g/mol. The summed E-state index contributed by atoms with van der Waals surface area (Å²) >= 11 is 0. The summed E-state index contributed by atoms with van der Waals surface area (Å²) in [6, 6.07) is 8.28. The SMILES string of the molecule is N#CCNC(=O)C(=O)NCCc1ccc(O)cc1. The maximum Gasteiger partial charge on any atom is 0.310 e. The van der Waals surface area contributed by atoms with E-state index in [1.165, 1.54) is 0 Å². The number of nitrogens with one attached hydrogen (secondary N) is 2. The molecular formula is C12H13N3O3. The second-order valence-corrected chi connectivity index (χ2v) is 3.51. The first-order valence-corrected chi connectivity index (χ1v) is 5.34. The zero-order valence-corrected chi connectivity index (χ0v) is 9.64. The largest absolute Gasteiger partial charge is 0.508 e. The topological polar surface area (TPSA) is 102 Å². The summed E-state index contributed by atoms with van der Waals surface area (Å²) in [6.07, 6.45) is 0.553. The van der Waals surface area contributed by atoms with Crippen molar-refractivity contribution >= 4 is 11.8 Å². The zero-order valence-electron chi connectivity index (χ0n) is 9.64. The Hall–Kier alpha value is -2.55. The molecule has 0 saturated heterocycles. The van der Waals surface area contributed by atoms with Gasteiger partial charge in [0, 0.05) is 6.54 Å². The van der Waals surface area contributed by atoms with Gasteiger partial charge in [-0.15, -0.1) is 0 Å². The molecule has 0 fully saturated rings. The highest BCUT2D eigenvalue weighted by Crippen LogP contribution is 2.09. The number of hydrogen-bond acceptors (Lipinski definition) is 4. The van der Waals surface area contributed by atoms with Gasteiger partial charge in [0.15, 0.2) is 0 Å². The van der Waals surface area contributed by atoms with E-state index in [-0.39, 0.29) is 12.3 Å². The lowest BCUT2D eigenvalue weighted by Gasteiger charge is -2.04. The van der Waals surface area contributed by atoms with Gasteiger partial charge in [-0.2, -0.15) is 5.26 Å². The van der Waals surface area contributed by atoms with Gasteiger partial charge in [-0.3, -0.25) is 9.59 Å². The van der Waals surface area contributed by atoms with Gasteiger partial charge in [0.25, 0.3) is 0 Å². The molecule has 0 heterocycles. The standard InChI is InChI=1S/C12H13N3O3/c13-6-8-15-12(18)11(17)14-7-5-9-1-3-10(16)4-2-9/h1-4,16H,5,7-8H2,(H,14,17)(H,15,18). The van der Waals surface area contributed by atoms with Crippen molar-refractivity contribution in [1.29, 1.82) is 5.26 Å². The van der Waals surface area contributed by atoms with Gasteiger partial charge in [-0.25, -0.2) is 0 Å². The van der Waals surface area contributed by atoms with Crippen molar-refractivity contribution in [2.24, 2.45) is 0 Å². The van der Waals surface area contributed by atoms with Gasteiger partial charge in [0.05, 0.1) is 6.07 Å². The molecule has 0 aliphatic heterocycles. The number of nitriles is 1. The van der Waals surface area contributed by atoms with Crippen LogP contribution < -0.4 is 10.6 Å². The van der Waals surface area contributed by atoms with Crippen LogP contribution in [0.25, 0.3) is 0 Å². The molecule has 6 heteroatoms. The molecule has 0 aliphatic carbocycles. The average molecular weight is 247 g/mol. The van der Waals surface area contributed by atoms with Crippen LogP contribution in [0.4, 0.5) is 0 Å². The van der Waals surface area contributed by atoms with E-state index in [4.69, 9.17) is 10.4 Å². The Bertz CT molecular complexity index is 462. The predicted molar refractivity (Wildman–Crippen MR) is 63.4 cm³/mol. The van der Waals surface area contributed by atoms with E-state index in [1.807, 2.05) is 0 Å². The maximum absolute atomic E-state index is 11.2. The third kappa shape index (κ3) is 4.53. The molecule has 0 saturated carbocycles. The van der Waals surface area contributed by atoms with Crippen LogP contribution in [-0.4, -0.2) is 30.0 Å². The molecule has 0 aliphatic rings. The summed E-state index contributed by atoms with van der Waals surface area (Å²) in [6.45, 7) is 0.119. The maximum atomic E-state index is 11.2. The monoisotopic (exact) mass is 247 g/mol. The Morgan fingerprint density at radius 1 is 1.17 bits per heavy atom. The summed E-state index contributed by atoms with van der Waals surface area (Å²) in [5, 5.41) is 21.9. The van der Waals surface area contributed by atoms with Gasteiger partial charge in [0.1, 0.15) is 12.3 Å². The molecule has 2 amide bonds. The lowest BCUT2D eigenvalue weighted by atomic mass is 10.1. The Labute approximate surface area is 104 Å². The van der Waals surface area contributed by atoms with Crippen LogP contribution in [0.15, 0.2) is 24.3 Å². The second-order valence-electron chi connectivity index (χ2n) is 3.51. The smallest absolute Gasteiger partial charge is 0.310 e. The van der Waals surface area contributed by atoms with Crippen LogP contribution in [0.2, 0.25) is 0 Å². The highest BCUT2D eigenvalue weighted by atomic mass is 16.3. The van der Waals surface area contributed by atoms with Crippen molar-refractivity contribution in [3.05, 3.63) is 29.8 Å². The molecule has 18 heavy (non-hydrogen) atoms. The number of phenols is 1. The normalized spacial score (nSPS) is 9.28. The van der Waals surface area contributed by atoms with Gasteiger partial charge in [-0.05, 0) is 24.1 Å². The van der Waals surface area contributed by atoms with Gasteiger partial charge in [-0.1, -0.05) is 12.1 Å². The van der Waals surface area contributed by atoms with Crippen molar-refractivity contribution in [3.63, 3.8) is 0 Å². The highest BCUT2D eigenvalue weighted by Gasteiger charge is 2.11. The molecule has 0 unspecified atom stereocenters. The lowest BCUT2D eigenvalue weighted by Crippen LogP contribution is -2.40. The van der Waals surface area contributed by atoms with E-state index in [0.29, 0.717) is 13.0 Å². The van der Waals surface area contributed by atoms with E-state index < -0.39 is 11.8 Å². The molecule has 1 rings (SSSR count). The predicted octanol–water partition coefficient (Wildman–Crippen LogP) is -0.309. The van der Waals surface area contributed by atoms with Crippen LogP contribution in [0.5, 0.6) is 5.75 Å². The Morgan fingerprint density at radius 3 is 2.39 bits per heavy atom. The van der Waals surface area contributed by atoms with Crippen LogP contribution in [-0.2, 0) is 16.0 Å². The van der Waals surface area contributed by atoms with Crippen molar-refractivity contribution in [1.82, 2.24) is 10.6 Å². The first kappa shape index (κ1) is 13.5. The molecule has 0 atom stereocenters. The van der Waals surface area contributed by atoms with Crippen molar-refractivity contribution in [2.75, 3.05) is 13.1 Å². The summed E-state index contributed by atoms with van der Waals surface area (Å²) in [5.41, 5.74) is 0.936. The minimum absolute atomic E-state index is 0.179. The number of carbonyl (C=O) groups is 2. The fourth-order valence-corrected chi connectivity index (χ4v) is 1.26. The molecule has 94 valence electrons. The Kier molecular flexibility index (Phi) is 5.19. The number of aromatic hydroxyl groups is 1. The molecule has 0 bridgehead atoms. The quantitative estimate of drug-likeness (QED) is 0.501. The number of rotatable bonds is 4. The number of amides is 2. The van der Waals surface area contributed by atoms with Crippen LogP contribution in [0.1, 0.15) is 5.56 Å². The average Bonchev–Trinajstić information content (AvgIpc) is 2.38. The summed E-state index contributed by atoms with van der Waals surface area (Å²) in [4.78, 5) is 22.3. The molecule has 0 aromatic heterocycles. The number of carbonyl (C=O) groups excluding carboxylic acids is 2. The van der Waals surface area contributed by atoms with E-state index in [1.54, 1.807) is 30.3 Å². The second kappa shape index (κ2) is 6.91. The number of nitrogens with zero attached hydrogens (tertiary/aromatic N) is 1. The third-order valence-electron chi connectivity index (χ3n) is 2.17. The van der Waals surface area contributed by atoms with Crippen molar-refractivity contribution in [3.8, 4) is 11.8 Å². The summed E-state index contributed by atoms with van der Waals surface area (Å²) < 4.78 is 0. The number of phenolic OH excluding ortho intramolecular Hbond substituents is 1. The van der Waals surface area contributed by atoms with Crippen molar-refractivity contribution in [2.45, 2.75) is 6.42 Å². The third-order valence-corrected chi connectivity index (χ3v) is 2.17. The molecule has 1 aromatic rings. The van der Waals surface area contributed by atoms with E-state index in [9.17, 15) is 9.59 Å². The Morgan fingerprint density at radius 2 is 1.78 bits per heavy atom. The zero-order chi connectivity index (χ0) is 13.4. The lowest BCUT2D eigenvalue weighted by molar-refractivity contribution is -0.139. The first-order valence-electron chi connectivity index (χ1n) is 5.34. The summed E-state index contributed by atoms with van der Waals surface area (Å²) in [5.74, 6) is -1.40. The van der Waals surface area contributed by atoms with Crippen LogP contribution >= 0.6 is 0 Å². The van der Waals surface area contributed by atoms with Crippen LogP contribution in [0, 0.1) is 11.3 Å². The number of hydrogen-bond donors (Lipinski definition) is 3. The molecule has 1 aromatic carbocycles.